The minimum Gasteiger partial charge on any atom is -0.477 e. The molecule has 0 aliphatic carbocycles. The molecule has 34 heavy (non-hydrogen) atoms. The van der Waals surface area contributed by atoms with E-state index in [9.17, 15) is 19.5 Å². The van der Waals surface area contributed by atoms with Crippen molar-refractivity contribution in [3.05, 3.63) is 21.7 Å². The van der Waals surface area contributed by atoms with Crippen molar-refractivity contribution >= 4 is 68.5 Å². The lowest BCUT2D eigenvalue weighted by Crippen LogP contribution is -2.73. The molecule has 2 amide bonds. The molecular formula is C20H25N6O5S3+. The number of carbonyl (C=O) groups excluding carboxylic acids is 2. The number of aliphatic carboxylic acids is 1. The zero-order chi connectivity index (χ0) is 24.4. The van der Waals surface area contributed by atoms with Gasteiger partial charge in [0.1, 0.15) is 38.1 Å². The molecular weight excluding hydrogens is 500 g/mol. The van der Waals surface area contributed by atoms with Crippen LogP contribution in [0.2, 0.25) is 0 Å². The number of nitrogens with zero attached hydrogens (tertiary/aromatic N) is 4. The molecule has 11 nitrogen and oxygen atoms in total. The number of nitrogen functional groups attached to an aromatic ring is 1. The van der Waals surface area contributed by atoms with Gasteiger partial charge in [0.25, 0.3) is 11.8 Å². The lowest BCUT2D eigenvalue weighted by Gasteiger charge is -2.49. The quantitative estimate of drug-likeness (QED) is 0.203. The summed E-state index contributed by atoms with van der Waals surface area (Å²) in [5.41, 5.74) is 5.78. The first-order chi connectivity index (χ1) is 16.3. The van der Waals surface area contributed by atoms with E-state index >= 15 is 0 Å². The molecule has 3 aliphatic rings. The summed E-state index contributed by atoms with van der Waals surface area (Å²) in [5, 5.41) is 19.3. The van der Waals surface area contributed by atoms with Gasteiger partial charge < -0.3 is 21.0 Å². The van der Waals surface area contributed by atoms with Gasteiger partial charge in [-0.15, -0.1) is 23.1 Å². The van der Waals surface area contributed by atoms with E-state index in [1.54, 1.807) is 17.1 Å². The minimum atomic E-state index is -1.15. The molecule has 0 aromatic carbocycles. The van der Waals surface area contributed by atoms with Gasteiger partial charge in [-0.05, 0) is 6.42 Å². The largest absolute Gasteiger partial charge is 0.477 e. The highest BCUT2D eigenvalue weighted by Gasteiger charge is 2.54. The van der Waals surface area contributed by atoms with E-state index in [0.29, 0.717) is 16.4 Å². The first-order valence-electron chi connectivity index (χ1n) is 10.6. The minimum absolute atomic E-state index is 0.00127. The van der Waals surface area contributed by atoms with Crippen molar-refractivity contribution in [2.24, 2.45) is 5.16 Å². The van der Waals surface area contributed by atoms with Crippen LogP contribution in [-0.2, 0) is 19.2 Å². The van der Waals surface area contributed by atoms with E-state index in [1.165, 1.54) is 28.8 Å². The molecule has 182 valence electrons. The molecule has 4 N–H and O–H groups in total. The van der Waals surface area contributed by atoms with E-state index in [-0.39, 0.29) is 22.2 Å². The van der Waals surface area contributed by atoms with Crippen molar-refractivity contribution < 1.29 is 28.9 Å². The molecule has 0 saturated carbocycles. The predicted octanol–water partition coefficient (Wildman–Crippen LogP) is 0.772. The second kappa shape index (κ2) is 10.4. The van der Waals surface area contributed by atoms with Crippen molar-refractivity contribution in [1.82, 2.24) is 15.2 Å². The first-order valence-corrected chi connectivity index (χ1v) is 13.4. The lowest BCUT2D eigenvalue weighted by atomic mass is 9.94. The fourth-order valence-electron chi connectivity index (χ4n) is 4.04. The Kier molecular flexibility index (Phi) is 7.48. The van der Waals surface area contributed by atoms with Crippen molar-refractivity contribution in [3.8, 4) is 0 Å². The van der Waals surface area contributed by atoms with Gasteiger partial charge >= 0.3 is 5.97 Å². The molecule has 0 bridgehead atoms. The Labute approximate surface area is 208 Å². The van der Waals surface area contributed by atoms with Crippen LogP contribution in [0, 0.1) is 0 Å². The average Bonchev–Trinajstić information content (AvgIpc) is 3.25. The molecule has 1 fully saturated rings. The highest BCUT2D eigenvalue weighted by molar-refractivity contribution is 8.15. The van der Waals surface area contributed by atoms with Crippen LogP contribution >= 0.6 is 34.9 Å². The van der Waals surface area contributed by atoms with Crippen LogP contribution in [0.25, 0.3) is 0 Å². The number of anilines is 1. The number of amides is 2. The van der Waals surface area contributed by atoms with Crippen LogP contribution in [0.5, 0.6) is 0 Å². The molecule has 14 heteroatoms. The van der Waals surface area contributed by atoms with E-state index in [2.05, 4.69) is 20.0 Å². The summed E-state index contributed by atoms with van der Waals surface area (Å²) in [7, 11) is 3.34. The normalized spacial score (nSPS) is 22.9. The molecule has 1 aromatic rings. The Morgan fingerprint density at radius 1 is 1.47 bits per heavy atom. The Balaban J connectivity index is 1.48. The van der Waals surface area contributed by atoms with Crippen molar-refractivity contribution in [1.29, 1.82) is 0 Å². The SMILES string of the molecule is CON=C(C(=O)NC1C(=O)N2C(C(=O)O)=C(CSC3=[N+](C)CCCC3)SCC12)c1csc(N)n1. The monoisotopic (exact) mass is 525 g/mol. The Morgan fingerprint density at radius 2 is 2.26 bits per heavy atom. The van der Waals surface area contributed by atoms with Crippen molar-refractivity contribution in [2.45, 2.75) is 31.3 Å². The van der Waals surface area contributed by atoms with Crippen molar-refractivity contribution in [3.63, 3.8) is 0 Å². The maximum atomic E-state index is 13.0. The number of rotatable bonds is 7. The lowest BCUT2D eigenvalue weighted by molar-refractivity contribution is -0.499. The summed E-state index contributed by atoms with van der Waals surface area (Å²) < 4.78 is 2.21. The number of aromatic nitrogens is 1. The van der Waals surface area contributed by atoms with Crippen LogP contribution in [0.3, 0.4) is 0 Å². The van der Waals surface area contributed by atoms with E-state index in [0.717, 1.165) is 37.1 Å². The summed E-state index contributed by atoms with van der Waals surface area (Å²) in [6.07, 6.45) is 3.26. The summed E-state index contributed by atoms with van der Waals surface area (Å²) in [4.78, 5) is 48.6. The zero-order valence-electron chi connectivity index (χ0n) is 18.6. The number of fused-ring (bicyclic) bond motifs is 1. The van der Waals surface area contributed by atoms with Gasteiger partial charge in [0, 0.05) is 34.6 Å². The van der Waals surface area contributed by atoms with Crippen LogP contribution in [-0.4, -0.2) is 92.4 Å². The highest BCUT2D eigenvalue weighted by atomic mass is 32.2. The summed E-state index contributed by atoms with van der Waals surface area (Å²) in [6, 6.07) is -1.32. The molecule has 0 radical (unpaired) electrons. The number of carbonyl (C=O) groups is 3. The van der Waals surface area contributed by atoms with Crippen LogP contribution in [0.15, 0.2) is 21.1 Å². The van der Waals surface area contributed by atoms with Crippen LogP contribution in [0.1, 0.15) is 25.0 Å². The summed E-state index contributed by atoms with van der Waals surface area (Å²) in [5.74, 6) is -1.28. The third kappa shape index (κ3) is 4.79. The standard InChI is InChI=1S/C20H24N6O5S3/c1-25-6-4-3-5-13(25)33-9-12-16(19(29)30)26-11(8-32-12)15(18(26)28)23-17(27)14(24-31-2)10-7-34-20(21)22-10/h7,11,15H,3-6,8-9H2,1-2H3,(H3-,21,22,23,27,29,30)/p+1. The number of β-lactam (4-membered cyclic amide) rings is 1. The molecule has 1 saturated heterocycles. The second-order valence-electron chi connectivity index (χ2n) is 7.87. The Morgan fingerprint density at radius 3 is 2.91 bits per heavy atom. The fourth-order valence-corrected chi connectivity index (χ4v) is 7.17. The van der Waals surface area contributed by atoms with Gasteiger partial charge in [-0.2, -0.15) is 0 Å². The molecule has 4 rings (SSSR count). The van der Waals surface area contributed by atoms with Gasteiger partial charge in [-0.1, -0.05) is 16.9 Å². The highest BCUT2D eigenvalue weighted by Crippen LogP contribution is 2.40. The van der Waals surface area contributed by atoms with Gasteiger partial charge in [0.2, 0.25) is 5.04 Å². The number of carboxylic acids is 1. The number of hydrogen-bond acceptors (Lipinski definition) is 10. The van der Waals surface area contributed by atoms with Crippen LogP contribution < -0.4 is 11.1 Å². The number of thioether (sulfide) groups is 2. The van der Waals surface area contributed by atoms with Gasteiger partial charge in [0.15, 0.2) is 10.8 Å². The van der Waals surface area contributed by atoms with Gasteiger partial charge in [-0.25, -0.2) is 14.4 Å². The zero-order valence-corrected chi connectivity index (χ0v) is 21.1. The third-order valence-corrected chi connectivity index (χ3v) is 9.07. The van der Waals surface area contributed by atoms with E-state index in [1.807, 2.05) is 7.05 Å². The Hall–Kier alpha value is -2.58. The summed E-state index contributed by atoms with van der Waals surface area (Å²) in [6.45, 7) is 0.996. The molecule has 4 heterocycles. The Bertz CT molecular complexity index is 1110. The smallest absolute Gasteiger partial charge is 0.353 e. The number of hydrogen-bond donors (Lipinski definition) is 3. The molecule has 1 aromatic heterocycles. The molecule has 2 atom stereocenters. The van der Waals surface area contributed by atoms with Gasteiger partial charge in [0.05, 0.1) is 6.04 Å². The maximum Gasteiger partial charge on any atom is 0.353 e. The fraction of sp³-hybridized carbons (Fsp3) is 0.500. The van der Waals surface area contributed by atoms with E-state index in [4.69, 9.17) is 10.6 Å². The molecule has 0 spiro atoms. The predicted molar refractivity (Wildman–Crippen MR) is 132 cm³/mol. The average molecular weight is 526 g/mol. The number of oxime groups is 1. The maximum absolute atomic E-state index is 13.0. The first kappa shape index (κ1) is 24.5. The summed E-state index contributed by atoms with van der Waals surface area (Å²) >= 11 is 4.20. The molecule has 2 unspecified atom stereocenters. The van der Waals surface area contributed by atoms with Crippen LogP contribution in [0.4, 0.5) is 5.13 Å². The topological polar surface area (TPSA) is 150 Å². The molecule has 3 aliphatic heterocycles. The van der Waals surface area contributed by atoms with E-state index < -0.39 is 29.9 Å². The van der Waals surface area contributed by atoms with Crippen molar-refractivity contribution in [2.75, 3.05) is 37.9 Å². The number of carboxylic acid groups (broad SMARTS) is 1. The second-order valence-corrected chi connectivity index (χ2v) is 10.9. The third-order valence-electron chi connectivity index (χ3n) is 5.73. The number of thiazole rings is 1. The number of nitrogens with two attached hydrogens (primary N) is 1. The van der Waals surface area contributed by atoms with Gasteiger partial charge in [-0.3, -0.25) is 14.5 Å². The number of nitrogens with one attached hydrogen (secondary N) is 1.